The molecule has 6 nitrogen and oxygen atoms in total. The lowest BCUT2D eigenvalue weighted by molar-refractivity contribution is 0.174. The predicted molar refractivity (Wildman–Crippen MR) is 134 cm³/mol. The molecule has 0 amide bonds. The Hall–Kier alpha value is -2.57. The van der Waals surface area contributed by atoms with E-state index in [0.29, 0.717) is 47.6 Å². The Morgan fingerprint density at radius 2 is 1.71 bits per heavy atom. The molecule has 0 unspecified atom stereocenters. The van der Waals surface area contributed by atoms with Crippen molar-refractivity contribution < 1.29 is 18.9 Å². The first kappa shape index (κ1) is 23.2. The fourth-order valence-corrected chi connectivity index (χ4v) is 5.63. The van der Waals surface area contributed by atoms with Crippen LogP contribution >= 0.6 is 55.1 Å². The standard InChI is InChI=1S/C24H14Br2Cl2N2O4/c25-15-4-12(5-16(26)23(15)31-9-11-1-2-17(27)18(28)3-11)22-13-6-20-21(33-10-32-20)7-19(13)34-24(30)14(22)8-29/h1-7,22H,9-10,30H2/t22-/m0/s1. The average molecular weight is 625 g/mol. The summed E-state index contributed by atoms with van der Waals surface area (Å²) in [6, 6.07) is 14.9. The molecule has 0 aromatic heterocycles. The van der Waals surface area contributed by atoms with E-state index >= 15 is 0 Å². The lowest BCUT2D eigenvalue weighted by atomic mass is 9.83. The first-order valence-corrected chi connectivity index (χ1v) is 12.3. The summed E-state index contributed by atoms with van der Waals surface area (Å²) in [5.41, 5.74) is 8.84. The van der Waals surface area contributed by atoms with Crippen LogP contribution in [0.3, 0.4) is 0 Å². The Balaban J connectivity index is 1.51. The van der Waals surface area contributed by atoms with Crippen LogP contribution in [0.5, 0.6) is 23.0 Å². The highest BCUT2D eigenvalue weighted by atomic mass is 79.9. The summed E-state index contributed by atoms with van der Waals surface area (Å²) < 4.78 is 24.2. The third-order valence-corrected chi connectivity index (χ3v) is 7.35. The molecule has 172 valence electrons. The zero-order valence-corrected chi connectivity index (χ0v) is 21.9. The minimum Gasteiger partial charge on any atom is -0.487 e. The first-order valence-electron chi connectivity index (χ1n) is 9.92. The number of benzene rings is 3. The van der Waals surface area contributed by atoms with Crippen LogP contribution in [-0.2, 0) is 6.61 Å². The van der Waals surface area contributed by atoms with Crippen molar-refractivity contribution in [3.63, 3.8) is 0 Å². The van der Waals surface area contributed by atoms with Crippen molar-refractivity contribution in [2.24, 2.45) is 5.73 Å². The van der Waals surface area contributed by atoms with E-state index in [2.05, 4.69) is 37.9 Å². The first-order chi connectivity index (χ1) is 16.4. The molecule has 2 aliphatic rings. The van der Waals surface area contributed by atoms with E-state index in [1.54, 1.807) is 18.2 Å². The molecule has 2 N–H and O–H groups in total. The number of hydrogen-bond donors (Lipinski definition) is 1. The second-order valence-electron chi connectivity index (χ2n) is 7.52. The molecule has 0 spiro atoms. The average Bonchev–Trinajstić information content (AvgIpc) is 3.25. The Morgan fingerprint density at radius 3 is 2.38 bits per heavy atom. The van der Waals surface area contributed by atoms with Crippen LogP contribution in [0.2, 0.25) is 10.0 Å². The van der Waals surface area contributed by atoms with Gasteiger partial charge < -0.3 is 24.7 Å². The minimum atomic E-state index is -0.472. The molecule has 3 aromatic rings. The Morgan fingerprint density at radius 1 is 1.00 bits per heavy atom. The van der Waals surface area contributed by atoms with Gasteiger partial charge in [0.15, 0.2) is 11.5 Å². The highest BCUT2D eigenvalue weighted by molar-refractivity contribution is 9.11. The molecule has 2 aliphatic heterocycles. The van der Waals surface area contributed by atoms with E-state index in [9.17, 15) is 5.26 Å². The molecular formula is C24H14Br2Cl2N2O4. The summed E-state index contributed by atoms with van der Waals surface area (Å²) in [5, 5.41) is 10.8. The zero-order valence-electron chi connectivity index (χ0n) is 17.2. The highest BCUT2D eigenvalue weighted by Crippen LogP contribution is 2.49. The van der Waals surface area contributed by atoms with E-state index in [-0.39, 0.29) is 19.3 Å². The molecule has 0 aliphatic carbocycles. The summed E-state index contributed by atoms with van der Waals surface area (Å²) in [7, 11) is 0. The Labute approximate surface area is 222 Å². The van der Waals surface area contributed by atoms with Gasteiger partial charge in [-0.05, 0) is 73.3 Å². The molecule has 5 rings (SSSR count). The molecule has 0 fully saturated rings. The Kier molecular flexibility index (Phi) is 6.30. The van der Waals surface area contributed by atoms with E-state index in [1.165, 1.54) is 0 Å². The zero-order chi connectivity index (χ0) is 24.0. The minimum absolute atomic E-state index is 0.0473. The van der Waals surface area contributed by atoms with Crippen molar-refractivity contribution in [2.75, 3.05) is 6.79 Å². The summed E-state index contributed by atoms with van der Waals surface area (Å²) >= 11 is 19.3. The van der Waals surface area contributed by atoms with Crippen LogP contribution in [0.25, 0.3) is 0 Å². The number of nitriles is 1. The second-order valence-corrected chi connectivity index (χ2v) is 10.0. The van der Waals surface area contributed by atoms with Gasteiger partial charge in [-0.2, -0.15) is 5.26 Å². The molecule has 0 saturated carbocycles. The molecule has 10 heteroatoms. The molecule has 0 radical (unpaired) electrons. The topological polar surface area (TPSA) is 86.7 Å². The van der Waals surface area contributed by atoms with Crippen molar-refractivity contribution >= 4 is 55.1 Å². The summed E-state index contributed by atoms with van der Waals surface area (Å²) in [5.74, 6) is 1.84. The van der Waals surface area contributed by atoms with Gasteiger partial charge in [0.25, 0.3) is 0 Å². The van der Waals surface area contributed by atoms with Gasteiger partial charge in [0.05, 0.1) is 24.9 Å². The number of fused-ring (bicyclic) bond motifs is 2. The van der Waals surface area contributed by atoms with Crippen molar-refractivity contribution in [1.82, 2.24) is 0 Å². The maximum absolute atomic E-state index is 9.87. The highest BCUT2D eigenvalue weighted by Gasteiger charge is 2.34. The van der Waals surface area contributed by atoms with Gasteiger partial charge in [0.1, 0.15) is 29.7 Å². The van der Waals surface area contributed by atoms with Gasteiger partial charge in [0.2, 0.25) is 12.7 Å². The fraction of sp³-hybridized carbons (Fsp3) is 0.125. The van der Waals surface area contributed by atoms with Gasteiger partial charge >= 0.3 is 0 Å². The third-order valence-electron chi connectivity index (χ3n) is 5.43. The normalized spacial score (nSPS) is 16.0. The number of nitrogens with zero attached hydrogens (tertiary/aromatic N) is 1. The van der Waals surface area contributed by atoms with Crippen LogP contribution in [0.1, 0.15) is 22.6 Å². The van der Waals surface area contributed by atoms with Crippen LogP contribution in [0.4, 0.5) is 0 Å². The van der Waals surface area contributed by atoms with Gasteiger partial charge in [0, 0.05) is 11.6 Å². The van der Waals surface area contributed by atoms with E-state index in [4.69, 9.17) is 47.9 Å². The summed E-state index contributed by atoms with van der Waals surface area (Å²) in [6.07, 6.45) is 0. The van der Waals surface area contributed by atoms with Gasteiger partial charge in [-0.3, -0.25) is 0 Å². The number of halogens is 4. The van der Waals surface area contributed by atoms with E-state index in [0.717, 1.165) is 16.7 Å². The van der Waals surface area contributed by atoms with E-state index < -0.39 is 5.92 Å². The van der Waals surface area contributed by atoms with Crippen LogP contribution in [0.15, 0.2) is 62.9 Å². The third kappa shape index (κ3) is 4.18. The SMILES string of the molecule is N#CC1=C(N)Oc2cc3c(cc2[C@@H]1c1cc(Br)c(OCc2ccc(Cl)c(Cl)c2)c(Br)c1)OCO3. The van der Waals surface area contributed by atoms with Crippen molar-refractivity contribution in [2.45, 2.75) is 12.5 Å². The molecule has 2 heterocycles. The van der Waals surface area contributed by atoms with Gasteiger partial charge in [-0.25, -0.2) is 0 Å². The van der Waals surface area contributed by atoms with Gasteiger partial charge in [-0.1, -0.05) is 29.3 Å². The lowest BCUT2D eigenvalue weighted by Gasteiger charge is -2.27. The summed E-state index contributed by atoms with van der Waals surface area (Å²) in [6.45, 7) is 0.409. The van der Waals surface area contributed by atoms with Crippen molar-refractivity contribution in [3.8, 4) is 29.1 Å². The number of nitrogens with two attached hydrogens (primary N) is 1. The maximum Gasteiger partial charge on any atom is 0.231 e. The number of ether oxygens (including phenoxy) is 4. The summed E-state index contributed by atoms with van der Waals surface area (Å²) in [4.78, 5) is 0. The van der Waals surface area contributed by atoms with Crippen molar-refractivity contribution in [3.05, 3.63) is 89.6 Å². The monoisotopic (exact) mass is 622 g/mol. The van der Waals surface area contributed by atoms with Crippen molar-refractivity contribution in [1.29, 1.82) is 5.26 Å². The molecule has 34 heavy (non-hydrogen) atoms. The smallest absolute Gasteiger partial charge is 0.231 e. The number of rotatable bonds is 4. The van der Waals surface area contributed by atoms with E-state index in [1.807, 2.05) is 24.3 Å². The fourth-order valence-electron chi connectivity index (χ4n) is 3.86. The van der Waals surface area contributed by atoms with Crippen LogP contribution in [0, 0.1) is 11.3 Å². The number of hydrogen-bond acceptors (Lipinski definition) is 6. The number of allylic oxidation sites excluding steroid dienone is 1. The maximum atomic E-state index is 9.87. The lowest BCUT2D eigenvalue weighted by Crippen LogP contribution is -2.21. The molecule has 0 bridgehead atoms. The largest absolute Gasteiger partial charge is 0.487 e. The van der Waals surface area contributed by atoms with Crippen LogP contribution < -0.4 is 24.7 Å². The quantitative estimate of drug-likeness (QED) is 0.335. The van der Waals surface area contributed by atoms with Gasteiger partial charge in [-0.15, -0.1) is 0 Å². The predicted octanol–water partition coefficient (Wildman–Crippen LogP) is 7.04. The second kappa shape index (κ2) is 9.23. The van der Waals surface area contributed by atoms with Crippen LogP contribution in [-0.4, -0.2) is 6.79 Å². The molecular weight excluding hydrogens is 611 g/mol. The molecule has 0 saturated heterocycles. The molecule has 3 aromatic carbocycles. The Bertz CT molecular complexity index is 1380. The molecule has 1 atom stereocenters.